The summed E-state index contributed by atoms with van der Waals surface area (Å²) in [5, 5.41) is 4.21. The Hall–Kier alpha value is -0.220. The Bertz CT molecular complexity index is 277. The first kappa shape index (κ1) is 16.8. The van der Waals surface area contributed by atoms with Crippen molar-refractivity contribution in [1.29, 1.82) is 0 Å². The lowest BCUT2D eigenvalue weighted by molar-refractivity contribution is -0.148. The number of hydrogen-bond acceptors (Lipinski definition) is 4. The van der Waals surface area contributed by atoms with Crippen LogP contribution in [0.15, 0.2) is 0 Å². The zero-order valence-corrected chi connectivity index (χ0v) is 13.6. The van der Waals surface area contributed by atoms with E-state index in [-0.39, 0.29) is 12.0 Å². The fourth-order valence-electron chi connectivity index (χ4n) is 2.83. The lowest BCUT2D eigenvalue weighted by Gasteiger charge is -2.30. The van der Waals surface area contributed by atoms with Crippen LogP contribution in [0.4, 0.5) is 0 Å². The summed E-state index contributed by atoms with van der Waals surface area (Å²) in [6.07, 6.45) is 7.45. The predicted octanol–water partition coefficient (Wildman–Crippen LogP) is 3.37. The lowest BCUT2D eigenvalue weighted by atomic mass is 9.95. The second-order valence-electron chi connectivity index (χ2n) is 6.00. The highest BCUT2D eigenvalue weighted by Gasteiger charge is 2.34. The van der Waals surface area contributed by atoms with Crippen molar-refractivity contribution in [2.45, 2.75) is 76.1 Å². The molecular weight excluding hydrogens is 258 g/mol. The van der Waals surface area contributed by atoms with Crippen molar-refractivity contribution < 1.29 is 9.53 Å². The van der Waals surface area contributed by atoms with Crippen molar-refractivity contribution in [3.05, 3.63) is 0 Å². The van der Waals surface area contributed by atoms with Crippen LogP contribution in [0.25, 0.3) is 0 Å². The van der Waals surface area contributed by atoms with Crippen molar-refractivity contribution in [3.8, 4) is 0 Å². The number of carbonyl (C=O) groups excluding carboxylic acids is 1. The van der Waals surface area contributed by atoms with Crippen LogP contribution in [-0.4, -0.2) is 35.7 Å². The molecule has 1 saturated carbocycles. The molecule has 0 amide bonds. The summed E-state index contributed by atoms with van der Waals surface area (Å²) in [6, 6.07) is 0.284. The van der Waals surface area contributed by atoms with Gasteiger partial charge in [0.05, 0.1) is 7.11 Å². The number of hydrogen-bond donors (Lipinski definition) is 1. The van der Waals surface area contributed by atoms with Crippen LogP contribution in [-0.2, 0) is 9.53 Å². The molecule has 19 heavy (non-hydrogen) atoms. The first-order valence-electron chi connectivity index (χ1n) is 7.45. The number of carbonyl (C=O) groups is 1. The van der Waals surface area contributed by atoms with Crippen LogP contribution in [0.5, 0.6) is 0 Å². The molecule has 1 unspecified atom stereocenters. The van der Waals surface area contributed by atoms with Gasteiger partial charge >= 0.3 is 5.97 Å². The second kappa shape index (κ2) is 8.15. The average molecular weight is 287 g/mol. The van der Waals surface area contributed by atoms with Gasteiger partial charge in [0, 0.05) is 11.3 Å². The standard InChI is InChI=1S/C15H29NO2S/c1-12(2)16-15(3,14(17)18-4)10-7-11-19-13-8-5-6-9-13/h12-13,16H,5-11H2,1-4H3. The van der Waals surface area contributed by atoms with Crippen molar-refractivity contribution >= 4 is 17.7 Å². The number of methoxy groups -OCH3 is 1. The van der Waals surface area contributed by atoms with E-state index in [0.29, 0.717) is 0 Å². The Morgan fingerprint density at radius 2 is 2.05 bits per heavy atom. The van der Waals surface area contributed by atoms with E-state index in [9.17, 15) is 4.79 Å². The second-order valence-corrected chi connectivity index (χ2v) is 7.41. The summed E-state index contributed by atoms with van der Waals surface area (Å²) in [7, 11) is 1.47. The third-order valence-electron chi connectivity index (χ3n) is 3.72. The third-order valence-corrected chi connectivity index (χ3v) is 5.19. The van der Waals surface area contributed by atoms with Gasteiger partial charge in [-0.1, -0.05) is 12.8 Å². The molecule has 0 radical (unpaired) electrons. The van der Waals surface area contributed by atoms with Crippen molar-refractivity contribution in [2.24, 2.45) is 0 Å². The monoisotopic (exact) mass is 287 g/mol. The van der Waals surface area contributed by atoms with Crippen LogP contribution in [0.3, 0.4) is 0 Å². The molecule has 0 aromatic carbocycles. The van der Waals surface area contributed by atoms with Gasteiger partial charge in [-0.3, -0.25) is 10.1 Å². The molecule has 0 heterocycles. The van der Waals surface area contributed by atoms with Crippen LogP contribution < -0.4 is 5.32 Å². The molecule has 0 aromatic heterocycles. The zero-order chi connectivity index (χ0) is 14.3. The molecule has 1 fully saturated rings. The number of nitrogens with one attached hydrogen (secondary N) is 1. The third kappa shape index (κ3) is 5.74. The Morgan fingerprint density at radius 1 is 1.42 bits per heavy atom. The van der Waals surface area contributed by atoms with Gasteiger partial charge in [0.25, 0.3) is 0 Å². The Labute approximate surface area is 122 Å². The molecule has 1 atom stereocenters. The molecule has 1 rings (SSSR count). The summed E-state index contributed by atoms with van der Waals surface area (Å²) in [5.74, 6) is 1.00. The van der Waals surface area contributed by atoms with Crippen LogP contribution in [0.2, 0.25) is 0 Å². The number of thioether (sulfide) groups is 1. The first-order chi connectivity index (χ1) is 8.98. The van der Waals surface area contributed by atoms with E-state index in [0.717, 1.165) is 23.8 Å². The molecule has 0 spiro atoms. The molecule has 4 heteroatoms. The highest BCUT2D eigenvalue weighted by Crippen LogP contribution is 2.30. The highest BCUT2D eigenvalue weighted by atomic mass is 32.2. The maximum atomic E-state index is 11.9. The van der Waals surface area contributed by atoms with Crippen molar-refractivity contribution in [1.82, 2.24) is 5.32 Å². The summed E-state index contributed by atoms with van der Waals surface area (Å²) in [5.41, 5.74) is -0.543. The van der Waals surface area contributed by atoms with Gasteiger partial charge in [-0.2, -0.15) is 11.8 Å². The highest BCUT2D eigenvalue weighted by molar-refractivity contribution is 7.99. The minimum Gasteiger partial charge on any atom is -0.468 e. The fourth-order valence-corrected chi connectivity index (χ4v) is 4.14. The van der Waals surface area contributed by atoms with Crippen LogP contribution in [0.1, 0.15) is 59.3 Å². The summed E-state index contributed by atoms with van der Waals surface area (Å²) in [4.78, 5) is 11.9. The van der Waals surface area contributed by atoms with Crippen molar-refractivity contribution in [3.63, 3.8) is 0 Å². The van der Waals surface area contributed by atoms with Crippen molar-refractivity contribution in [2.75, 3.05) is 12.9 Å². The fraction of sp³-hybridized carbons (Fsp3) is 0.933. The van der Waals surface area contributed by atoms with Gasteiger partial charge in [0.1, 0.15) is 5.54 Å². The Balaban J connectivity index is 2.33. The summed E-state index contributed by atoms with van der Waals surface area (Å²) in [6.45, 7) is 6.09. The van der Waals surface area contributed by atoms with E-state index in [1.165, 1.54) is 32.8 Å². The smallest absolute Gasteiger partial charge is 0.325 e. The van der Waals surface area contributed by atoms with Gasteiger partial charge in [-0.05, 0) is 52.2 Å². The molecule has 112 valence electrons. The number of ether oxygens (including phenoxy) is 1. The Morgan fingerprint density at radius 3 is 2.58 bits per heavy atom. The van der Waals surface area contributed by atoms with Crippen LogP contribution >= 0.6 is 11.8 Å². The molecule has 3 nitrogen and oxygen atoms in total. The van der Waals surface area contributed by atoms with Gasteiger partial charge in [0.15, 0.2) is 0 Å². The number of esters is 1. The average Bonchev–Trinajstić information content (AvgIpc) is 2.85. The number of rotatable bonds is 8. The zero-order valence-electron chi connectivity index (χ0n) is 12.8. The predicted molar refractivity (Wildman–Crippen MR) is 82.6 cm³/mol. The SMILES string of the molecule is COC(=O)C(C)(CCCSC1CCCC1)NC(C)C. The van der Waals surface area contributed by atoms with E-state index in [1.807, 2.05) is 6.92 Å². The molecule has 0 saturated heterocycles. The normalized spacial score (nSPS) is 19.6. The lowest BCUT2D eigenvalue weighted by Crippen LogP contribution is -2.53. The van der Waals surface area contributed by atoms with E-state index in [2.05, 4.69) is 30.9 Å². The van der Waals surface area contributed by atoms with Crippen LogP contribution in [0, 0.1) is 0 Å². The maximum absolute atomic E-state index is 11.9. The molecular formula is C15H29NO2S. The van der Waals surface area contributed by atoms with E-state index < -0.39 is 5.54 Å². The first-order valence-corrected chi connectivity index (χ1v) is 8.50. The maximum Gasteiger partial charge on any atom is 0.325 e. The molecule has 1 N–H and O–H groups in total. The molecule has 1 aliphatic carbocycles. The van der Waals surface area contributed by atoms with Gasteiger partial charge in [-0.15, -0.1) is 0 Å². The molecule has 0 bridgehead atoms. The van der Waals surface area contributed by atoms with E-state index >= 15 is 0 Å². The summed E-state index contributed by atoms with van der Waals surface area (Å²) >= 11 is 2.08. The molecule has 0 aliphatic heterocycles. The summed E-state index contributed by atoms with van der Waals surface area (Å²) < 4.78 is 4.94. The largest absolute Gasteiger partial charge is 0.468 e. The quantitative estimate of drug-likeness (QED) is 0.549. The minimum absolute atomic E-state index is 0.146. The van der Waals surface area contributed by atoms with E-state index in [1.54, 1.807) is 0 Å². The topological polar surface area (TPSA) is 38.3 Å². The molecule has 0 aromatic rings. The minimum atomic E-state index is -0.543. The Kier molecular flexibility index (Phi) is 7.22. The van der Waals surface area contributed by atoms with E-state index in [4.69, 9.17) is 4.74 Å². The molecule has 1 aliphatic rings. The van der Waals surface area contributed by atoms with Gasteiger partial charge in [-0.25, -0.2) is 0 Å². The van der Waals surface area contributed by atoms with Gasteiger partial charge in [0.2, 0.25) is 0 Å². The van der Waals surface area contributed by atoms with Gasteiger partial charge < -0.3 is 4.74 Å².